The predicted octanol–water partition coefficient (Wildman–Crippen LogP) is 4.50. The van der Waals surface area contributed by atoms with Crippen LogP contribution < -0.4 is 0 Å². The summed E-state index contributed by atoms with van der Waals surface area (Å²) in [5, 5.41) is 1.34. The topological polar surface area (TPSA) is 17.1 Å². The fraction of sp³-hybridized carbons (Fsp3) is 0. The molecule has 84 valence electrons. The number of halogens is 1. The van der Waals surface area contributed by atoms with Crippen LogP contribution in [0, 0.1) is 0 Å². The Balaban J connectivity index is 3.01. The number of fused-ring (bicyclic) bond motifs is 1. The van der Waals surface area contributed by atoms with Crippen LogP contribution in [0.1, 0.15) is 21.5 Å². The highest BCUT2D eigenvalue weighted by molar-refractivity contribution is 6.69. The Morgan fingerprint density at radius 3 is 2.47 bits per heavy atom. The molecule has 2 rings (SSSR count). The smallest absolute Gasteiger partial charge is 0.253 e. The molecule has 2 aromatic rings. The van der Waals surface area contributed by atoms with Crippen LogP contribution in [0.15, 0.2) is 43.5 Å². The summed E-state index contributed by atoms with van der Waals surface area (Å²) in [6.07, 6.45) is 3.34. The van der Waals surface area contributed by atoms with Crippen LogP contribution in [0.25, 0.3) is 22.9 Å². The Labute approximate surface area is 105 Å². The normalized spacial score (nSPS) is 10.2. The molecule has 2 heteroatoms. The maximum absolute atomic E-state index is 11.6. The molecule has 0 atom stereocenters. The average molecular weight is 243 g/mol. The van der Waals surface area contributed by atoms with Gasteiger partial charge in [-0.15, -0.1) is 0 Å². The second-order valence-electron chi connectivity index (χ2n) is 3.66. The zero-order valence-electron chi connectivity index (χ0n) is 9.24. The van der Waals surface area contributed by atoms with Crippen molar-refractivity contribution >= 4 is 39.8 Å². The second kappa shape index (κ2) is 4.56. The quantitative estimate of drug-likeness (QED) is 0.724. The summed E-state index contributed by atoms with van der Waals surface area (Å²) in [5.41, 5.74) is 2.09. The molecule has 0 fully saturated rings. The SMILES string of the molecule is C=Cc1cc2ccccc2c(C(=O)Cl)c1C=C. The summed E-state index contributed by atoms with van der Waals surface area (Å²) in [6, 6.07) is 9.60. The summed E-state index contributed by atoms with van der Waals surface area (Å²) in [5.74, 6) is 0. The van der Waals surface area contributed by atoms with Gasteiger partial charge in [-0.1, -0.05) is 49.6 Å². The molecule has 0 aromatic heterocycles. The standard InChI is InChI=1S/C15H11ClO/c1-3-10-9-11-7-5-6-8-13(11)14(15(16)17)12(10)4-2/h3-9H,1-2H2. The highest BCUT2D eigenvalue weighted by Crippen LogP contribution is 2.29. The Bertz CT molecular complexity index is 626. The van der Waals surface area contributed by atoms with Crippen molar-refractivity contribution in [3.63, 3.8) is 0 Å². The molecule has 0 amide bonds. The molecular formula is C15H11ClO. The van der Waals surface area contributed by atoms with E-state index in [0.717, 1.165) is 21.9 Å². The van der Waals surface area contributed by atoms with Crippen molar-refractivity contribution in [2.45, 2.75) is 0 Å². The van der Waals surface area contributed by atoms with Crippen LogP contribution in [0.5, 0.6) is 0 Å². The Hall–Kier alpha value is -1.86. The number of carbonyl (C=O) groups is 1. The maximum Gasteiger partial charge on any atom is 0.253 e. The first kappa shape index (κ1) is 11.6. The monoisotopic (exact) mass is 242 g/mol. The van der Waals surface area contributed by atoms with E-state index in [4.69, 9.17) is 11.6 Å². The lowest BCUT2D eigenvalue weighted by Crippen LogP contribution is -1.98. The summed E-state index contributed by atoms with van der Waals surface area (Å²) in [6.45, 7) is 7.48. The fourth-order valence-corrected chi connectivity index (χ4v) is 2.19. The van der Waals surface area contributed by atoms with Gasteiger partial charge in [-0.3, -0.25) is 4.79 Å². The first-order valence-corrected chi connectivity index (χ1v) is 5.57. The highest BCUT2D eigenvalue weighted by Gasteiger charge is 2.14. The van der Waals surface area contributed by atoms with Gasteiger partial charge in [0.2, 0.25) is 0 Å². The lowest BCUT2D eigenvalue weighted by atomic mass is 9.94. The highest BCUT2D eigenvalue weighted by atomic mass is 35.5. The van der Waals surface area contributed by atoms with E-state index in [1.54, 1.807) is 12.2 Å². The first-order chi connectivity index (χ1) is 8.19. The third kappa shape index (κ3) is 1.90. The van der Waals surface area contributed by atoms with Crippen LogP contribution in [0.3, 0.4) is 0 Å². The fourth-order valence-electron chi connectivity index (χ4n) is 1.99. The van der Waals surface area contributed by atoms with Gasteiger partial charge in [-0.05, 0) is 39.6 Å². The molecule has 0 saturated carbocycles. The third-order valence-electron chi connectivity index (χ3n) is 2.74. The lowest BCUT2D eigenvalue weighted by Gasteiger charge is -2.10. The van der Waals surface area contributed by atoms with Crippen LogP contribution in [-0.4, -0.2) is 5.24 Å². The number of hydrogen-bond donors (Lipinski definition) is 0. The Morgan fingerprint density at radius 1 is 1.18 bits per heavy atom. The van der Waals surface area contributed by atoms with Crippen molar-refractivity contribution in [1.29, 1.82) is 0 Å². The van der Waals surface area contributed by atoms with E-state index in [0.29, 0.717) is 5.56 Å². The van der Waals surface area contributed by atoms with Gasteiger partial charge in [0.1, 0.15) is 0 Å². The van der Waals surface area contributed by atoms with Gasteiger partial charge in [-0.2, -0.15) is 0 Å². The Kier molecular flexibility index (Phi) is 3.12. The molecular weight excluding hydrogens is 232 g/mol. The molecule has 0 unspecified atom stereocenters. The van der Waals surface area contributed by atoms with Gasteiger partial charge in [0.25, 0.3) is 5.24 Å². The van der Waals surface area contributed by atoms with Crippen LogP contribution >= 0.6 is 11.6 Å². The molecule has 0 spiro atoms. The zero-order valence-corrected chi connectivity index (χ0v) is 10.00. The summed E-state index contributed by atoms with van der Waals surface area (Å²) < 4.78 is 0. The van der Waals surface area contributed by atoms with E-state index in [1.807, 2.05) is 30.3 Å². The van der Waals surface area contributed by atoms with Crippen molar-refractivity contribution in [1.82, 2.24) is 0 Å². The van der Waals surface area contributed by atoms with E-state index >= 15 is 0 Å². The third-order valence-corrected chi connectivity index (χ3v) is 2.93. The van der Waals surface area contributed by atoms with Crippen molar-refractivity contribution < 1.29 is 4.79 Å². The molecule has 0 radical (unpaired) electrons. The van der Waals surface area contributed by atoms with Crippen molar-refractivity contribution in [3.8, 4) is 0 Å². The Morgan fingerprint density at radius 2 is 1.88 bits per heavy atom. The summed E-state index contributed by atoms with van der Waals surface area (Å²) in [7, 11) is 0. The van der Waals surface area contributed by atoms with Gasteiger partial charge in [-0.25, -0.2) is 0 Å². The van der Waals surface area contributed by atoms with Gasteiger partial charge < -0.3 is 0 Å². The number of rotatable bonds is 3. The van der Waals surface area contributed by atoms with Crippen molar-refractivity contribution in [3.05, 3.63) is 60.2 Å². The second-order valence-corrected chi connectivity index (χ2v) is 4.00. The van der Waals surface area contributed by atoms with Crippen LogP contribution in [0.4, 0.5) is 0 Å². The molecule has 1 nitrogen and oxygen atoms in total. The molecule has 0 saturated heterocycles. The van der Waals surface area contributed by atoms with Crippen LogP contribution in [0.2, 0.25) is 0 Å². The molecule has 0 bridgehead atoms. The van der Waals surface area contributed by atoms with Crippen LogP contribution in [-0.2, 0) is 0 Å². The van der Waals surface area contributed by atoms with Gasteiger partial charge >= 0.3 is 0 Å². The largest absolute Gasteiger partial charge is 0.276 e. The molecule has 0 aliphatic heterocycles. The van der Waals surface area contributed by atoms with Crippen molar-refractivity contribution in [2.24, 2.45) is 0 Å². The minimum Gasteiger partial charge on any atom is -0.276 e. The van der Waals surface area contributed by atoms with E-state index in [2.05, 4.69) is 13.2 Å². The average Bonchev–Trinajstić information content (AvgIpc) is 2.35. The molecule has 0 aliphatic rings. The van der Waals surface area contributed by atoms with Gasteiger partial charge in [0.15, 0.2) is 0 Å². The molecule has 0 heterocycles. The molecule has 17 heavy (non-hydrogen) atoms. The minimum absolute atomic E-state index is 0.472. The molecule has 2 aromatic carbocycles. The zero-order chi connectivity index (χ0) is 12.4. The molecule has 0 N–H and O–H groups in total. The molecule has 0 aliphatic carbocycles. The number of hydrogen-bond acceptors (Lipinski definition) is 1. The summed E-state index contributed by atoms with van der Waals surface area (Å²) >= 11 is 5.67. The number of carbonyl (C=O) groups excluding carboxylic acids is 1. The number of benzene rings is 2. The lowest BCUT2D eigenvalue weighted by molar-refractivity contribution is 0.108. The van der Waals surface area contributed by atoms with E-state index in [-0.39, 0.29) is 0 Å². The van der Waals surface area contributed by atoms with E-state index < -0.39 is 5.24 Å². The minimum atomic E-state index is -0.472. The van der Waals surface area contributed by atoms with Crippen molar-refractivity contribution in [2.75, 3.05) is 0 Å². The summed E-state index contributed by atoms with van der Waals surface area (Å²) in [4.78, 5) is 11.6. The van der Waals surface area contributed by atoms with E-state index in [1.165, 1.54) is 0 Å². The van der Waals surface area contributed by atoms with E-state index in [9.17, 15) is 4.79 Å². The van der Waals surface area contributed by atoms with Gasteiger partial charge in [0, 0.05) is 5.56 Å². The maximum atomic E-state index is 11.6. The van der Waals surface area contributed by atoms with Gasteiger partial charge in [0.05, 0.1) is 0 Å². The first-order valence-electron chi connectivity index (χ1n) is 5.19. The predicted molar refractivity (Wildman–Crippen MR) is 74.3 cm³/mol.